The van der Waals surface area contributed by atoms with E-state index < -0.39 is 0 Å². The lowest BCUT2D eigenvalue weighted by Crippen LogP contribution is -2.30. The maximum absolute atomic E-state index is 10.0. The van der Waals surface area contributed by atoms with E-state index in [-0.39, 0.29) is 6.10 Å². The average molecular weight is 271 g/mol. The molecule has 20 heavy (non-hydrogen) atoms. The Morgan fingerprint density at radius 3 is 2.95 bits per heavy atom. The fraction of sp³-hybridized carbons (Fsp3) is 0.438. The van der Waals surface area contributed by atoms with Gasteiger partial charge in [-0.15, -0.1) is 0 Å². The van der Waals surface area contributed by atoms with Crippen molar-refractivity contribution in [1.29, 1.82) is 0 Å². The van der Waals surface area contributed by atoms with Crippen LogP contribution in [0.5, 0.6) is 0 Å². The Morgan fingerprint density at radius 2 is 2.10 bits per heavy atom. The van der Waals surface area contributed by atoms with E-state index in [0.29, 0.717) is 5.92 Å². The monoisotopic (exact) mass is 271 g/mol. The lowest BCUT2D eigenvalue weighted by Gasteiger charge is -2.28. The molecule has 2 unspecified atom stereocenters. The zero-order valence-corrected chi connectivity index (χ0v) is 11.5. The second-order valence-corrected chi connectivity index (χ2v) is 5.59. The zero-order chi connectivity index (χ0) is 13.9. The Bertz CT molecular complexity index is 599. The summed E-state index contributed by atoms with van der Waals surface area (Å²) in [4.78, 5) is 4.42. The molecule has 3 rings (SSSR count). The van der Waals surface area contributed by atoms with Gasteiger partial charge in [0.25, 0.3) is 0 Å². The summed E-state index contributed by atoms with van der Waals surface area (Å²) >= 11 is 0. The van der Waals surface area contributed by atoms with Crippen LogP contribution in [0.1, 0.15) is 25.7 Å². The molecule has 4 N–H and O–H groups in total. The van der Waals surface area contributed by atoms with E-state index >= 15 is 0 Å². The van der Waals surface area contributed by atoms with E-state index in [4.69, 9.17) is 5.73 Å². The molecule has 2 atom stereocenters. The summed E-state index contributed by atoms with van der Waals surface area (Å²) in [7, 11) is 0. The van der Waals surface area contributed by atoms with Crippen molar-refractivity contribution in [3.63, 3.8) is 0 Å². The minimum atomic E-state index is -0.177. The molecular formula is C16H21N3O. The molecule has 0 radical (unpaired) electrons. The Morgan fingerprint density at radius 1 is 1.25 bits per heavy atom. The number of fused-ring (bicyclic) bond motifs is 1. The molecule has 1 saturated carbocycles. The van der Waals surface area contributed by atoms with Crippen LogP contribution in [0.25, 0.3) is 10.9 Å². The summed E-state index contributed by atoms with van der Waals surface area (Å²) in [5, 5.41) is 14.4. The van der Waals surface area contributed by atoms with Crippen molar-refractivity contribution in [3.05, 3.63) is 30.5 Å². The molecule has 0 bridgehead atoms. The van der Waals surface area contributed by atoms with Gasteiger partial charge in [-0.25, -0.2) is 0 Å². The van der Waals surface area contributed by atoms with Crippen molar-refractivity contribution in [2.24, 2.45) is 5.92 Å². The van der Waals surface area contributed by atoms with Gasteiger partial charge in [-0.3, -0.25) is 4.98 Å². The molecule has 1 fully saturated rings. The number of nitrogen functional groups attached to an aromatic ring is 1. The highest BCUT2D eigenvalue weighted by molar-refractivity contribution is 5.98. The second-order valence-electron chi connectivity index (χ2n) is 5.59. The number of pyridine rings is 1. The fourth-order valence-electron chi connectivity index (χ4n) is 3.00. The van der Waals surface area contributed by atoms with Gasteiger partial charge >= 0.3 is 0 Å². The average Bonchev–Trinajstić information content (AvgIpc) is 2.48. The van der Waals surface area contributed by atoms with Gasteiger partial charge in [-0.1, -0.05) is 12.8 Å². The van der Waals surface area contributed by atoms with Gasteiger partial charge in [-0.05, 0) is 37.1 Å². The molecule has 0 spiro atoms. The quantitative estimate of drug-likeness (QED) is 0.751. The minimum absolute atomic E-state index is 0.177. The topological polar surface area (TPSA) is 71.2 Å². The maximum atomic E-state index is 10.0. The number of anilines is 2. The van der Waals surface area contributed by atoms with Crippen molar-refractivity contribution in [2.45, 2.75) is 31.8 Å². The van der Waals surface area contributed by atoms with Crippen molar-refractivity contribution < 1.29 is 5.11 Å². The van der Waals surface area contributed by atoms with Crippen LogP contribution in [-0.2, 0) is 0 Å². The van der Waals surface area contributed by atoms with E-state index in [9.17, 15) is 5.11 Å². The number of aliphatic hydroxyl groups excluding tert-OH is 1. The third-order valence-corrected chi connectivity index (χ3v) is 4.23. The van der Waals surface area contributed by atoms with Gasteiger partial charge in [-0.2, -0.15) is 0 Å². The molecule has 1 aromatic carbocycles. The molecular weight excluding hydrogens is 250 g/mol. The number of aliphatic hydroxyl groups is 1. The first kappa shape index (κ1) is 13.2. The molecule has 1 aromatic heterocycles. The van der Waals surface area contributed by atoms with Gasteiger partial charge in [0.15, 0.2) is 0 Å². The molecule has 4 nitrogen and oxygen atoms in total. The SMILES string of the molecule is Nc1ccc(NCC2CCCCC2O)c2ncccc12. The Labute approximate surface area is 119 Å². The third-order valence-electron chi connectivity index (χ3n) is 4.23. The summed E-state index contributed by atoms with van der Waals surface area (Å²) in [6, 6.07) is 7.76. The summed E-state index contributed by atoms with van der Waals surface area (Å²) < 4.78 is 0. The highest BCUT2D eigenvalue weighted by Crippen LogP contribution is 2.28. The molecule has 1 aliphatic carbocycles. The minimum Gasteiger partial charge on any atom is -0.398 e. The van der Waals surface area contributed by atoms with Crippen molar-refractivity contribution >= 4 is 22.3 Å². The number of benzene rings is 1. The van der Waals surface area contributed by atoms with Gasteiger partial charge < -0.3 is 16.2 Å². The fourth-order valence-corrected chi connectivity index (χ4v) is 3.00. The molecule has 106 valence electrons. The van der Waals surface area contributed by atoms with Crippen molar-refractivity contribution in [3.8, 4) is 0 Å². The number of hydrogen-bond acceptors (Lipinski definition) is 4. The van der Waals surface area contributed by atoms with Gasteiger partial charge in [0.2, 0.25) is 0 Å². The van der Waals surface area contributed by atoms with E-state index in [0.717, 1.165) is 48.1 Å². The Balaban J connectivity index is 1.79. The van der Waals surface area contributed by atoms with Crippen LogP contribution in [0.4, 0.5) is 11.4 Å². The summed E-state index contributed by atoms with van der Waals surface area (Å²) in [6.45, 7) is 0.788. The predicted octanol–water partition coefficient (Wildman–Crippen LogP) is 2.78. The number of rotatable bonds is 3. The number of nitrogens with one attached hydrogen (secondary N) is 1. The van der Waals surface area contributed by atoms with E-state index in [1.165, 1.54) is 6.42 Å². The highest BCUT2D eigenvalue weighted by Gasteiger charge is 2.22. The summed E-state index contributed by atoms with van der Waals surface area (Å²) in [5.41, 5.74) is 8.62. The molecule has 1 heterocycles. The molecule has 0 aliphatic heterocycles. The van der Waals surface area contributed by atoms with Crippen LogP contribution in [0, 0.1) is 5.92 Å². The lowest BCUT2D eigenvalue weighted by atomic mass is 9.86. The second kappa shape index (κ2) is 5.67. The van der Waals surface area contributed by atoms with Crippen molar-refractivity contribution in [2.75, 3.05) is 17.6 Å². The largest absolute Gasteiger partial charge is 0.398 e. The van der Waals surface area contributed by atoms with E-state index in [1.54, 1.807) is 6.20 Å². The number of nitrogens with zero attached hydrogens (tertiary/aromatic N) is 1. The van der Waals surface area contributed by atoms with Crippen LogP contribution >= 0.6 is 0 Å². The standard InChI is InChI=1S/C16H21N3O/c17-13-7-8-14(16-12(13)5-3-9-18-16)19-10-11-4-1-2-6-15(11)20/h3,5,7-9,11,15,19-20H,1-2,4,6,10,17H2. The maximum Gasteiger partial charge on any atom is 0.0953 e. The van der Waals surface area contributed by atoms with Crippen LogP contribution in [0.15, 0.2) is 30.5 Å². The lowest BCUT2D eigenvalue weighted by molar-refractivity contribution is 0.0763. The first-order valence-electron chi connectivity index (χ1n) is 7.31. The van der Waals surface area contributed by atoms with E-state index in [1.807, 2.05) is 24.3 Å². The number of aromatic nitrogens is 1. The van der Waals surface area contributed by atoms with Crippen molar-refractivity contribution in [1.82, 2.24) is 4.98 Å². The third kappa shape index (κ3) is 2.56. The molecule has 1 aliphatic rings. The molecule has 4 heteroatoms. The number of hydrogen-bond donors (Lipinski definition) is 3. The number of nitrogens with two attached hydrogens (primary N) is 1. The zero-order valence-electron chi connectivity index (χ0n) is 11.5. The molecule has 0 amide bonds. The van der Waals surface area contributed by atoms with E-state index in [2.05, 4.69) is 10.3 Å². The Kier molecular flexibility index (Phi) is 3.74. The summed E-state index contributed by atoms with van der Waals surface area (Å²) in [6.07, 6.45) is 5.97. The highest BCUT2D eigenvalue weighted by atomic mass is 16.3. The molecule has 0 saturated heterocycles. The smallest absolute Gasteiger partial charge is 0.0953 e. The normalized spacial score (nSPS) is 22.9. The van der Waals surface area contributed by atoms with Crippen LogP contribution in [0.3, 0.4) is 0 Å². The van der Waals surface area contributed by atoms with Crippen LogP contribution in [-0.4, -0.2) is 22.7 Å². The van der Waals surface area contributed by atoms with Gasteiger partial charge in [0, 0.05) is 29.7 Å². The first-order valence-corrected chi connectivity index (χ1v) is 7.31. The van der Waals surface area contributed by atoms with Gasteiger partial charge in [0.1, 0.15) is 0 Å². The Hall–Kier alpha value is -1.81. The predicted molar refractivity (Wildman–Crippen MR) is 82.6 cm³/mol. The summed E-state index contributed by atoms with van der Waals surface area (Å²) in [5.74, 6) is 0.333. The first-order chi connectivity index (χ1) is 9.75. The van der Waals surface area contributed by atoms with Crippen LogP contribution < -0.4 is 11.1 Å². The van der Waals surface area contributed by atoms with Crippen LogP contribution in [0.2, 0.25) is 0 Å². The van der Waals surface area contributed by atoms with Gasteiger partial charge in [0.05, 0.1) is 17.3 Å². The molecule has 2 aromatic rings.